The largest absolute Gasteiger partial charge is 0.466 e. The van der Waals surface area contributed by atoms with Gasteiger partial charge in [-0.1, -0.05) is 42.3 Å². The van der Waals surface area contributed by atoms with E-state index in [-0.39, 0.29) is 31.3 Å². The van der Waals surface area contributed by atoms with Crippen LogP contribution in [-0.2, 0) is 27.3 Å². The molecule has 1 amide bonds. The van der Waals surface area contributed by atoms with E-state index in [9.17, 15) is 9.59 Å². The molecule has 0 aliphatic heterocycles. The van der Waals surface area contributed by atoms with Crippen LogP contribution in [0.25, 0.3) is 10.2 Å². The van der Waals surface area contributed by atoms with Gasteiger partial charge in [-0.25, -0.2) is 4.98 Å². The van der Waals surface area contributed by atoms with Crippen LogP contribution in [0.5, 0.6) is 0 Å². The van der Waals surface area contributed by atoms with E-state index in [0.29, 0.717) is 22.2 Å². The molecule has 158 valence electrons. The third-order valence-electron chi connectivity index (χ3n) is 4.57. The smallest absolute Gasteiger partial charge is 0.306 e. The number of carbonyl (C=O) groups is 2. The highest BCUT2D eigenvalue weighted by molar-refractivity contribution is 7.18. The number of hydrogen-bond acceptors (Lipinski definition) is 5. The van der Waals surface area contributed by atoms with Crippen LogP contribution in [0.3, 0.4) is 0 Å². The molecule has 1 aromatic heterocycles. The molecule has 0 aliphatic rings. The third kappa shape index (κ3) is 5.31. The van der Waals surface area contributed by atoms with Crippen molar-refractivity contribution < 1.29 is 14.3 Å². The molecular formula is C22H22Cl2N2O3S. The zero-order chi connectivity index (χ0) is 21.7. The Morgan fingerprint density at radius 3 is 2.67 bits per heavy atom. The van der Waals surface area contributed by atoms with Gasteiger partial charge in [0.05, 0.1) is 34.3 Å². The lowest BCUT2D eigenvalue weighted by Crippen LogP contribution is -2.30. The Morgan fingerprint density at radius 1 is 1.13 bits per heavy atom. The van der Waals surface area contributed by atoms with Gasteiger partial charge in [0.1, 0.15) is 10.5 Å². The van der Waals surface area contributed by atoms with E-state index in [0.717, 1.165) is 27.4 Å². The summed E-state index contributed by atoms with van der Waals surface area (Å²) < 4.78 is 5.85. The summed E-state index contributed by atoms with van der Waals surface area (Å²) in [5.41, 5.74) is 2.52. The second-order valence-corrected chi connectivity index (χ2v) is 8.52. The summed E-state index contributed by atoms with van der Waals surface area (Å²) in [6, 6.07) is 11.4. The second-order valence-electron chi connectivity index (χ2n) is 6.62. The molecule has 1 heterocycles. The zero-order valence-corrected chi connectivity index (χ0v) is 19.1. The maximum atomic E-state index is 13.0. The fraction of sp³-hybridized carbons (Fsp3) is 0.318. The fourth-order valence-electron chi connectivity index (χ4n) is 3.03. The first-order valence-corrected chi connectivity index (χ1v) is 11.3. The highest BCUT2D eigenvalue weighted by Gasteiger charge is 2.20. The molecule has 3 rings (SSSR count). The average Bonchev–Trinajstić information content (AvgIpc) is 3.17. The lowest BCUT2D eigenvalue weighted by molar-refractivity contribution is -0.144. The predicted octanol–water partition coefficient (Wildman–Crippen LogP) is 6.04. The Morgan fingerprint density at radius 2 is 1.93 bits per heavy atom. The lowest BCUT2D eigenvalue weighted by Gasteiger charge is -2.22. The van der Waals surface area contributed by atoms with E-state index in [1.807, 2.05) is 30.3 Å². The van der Waals surface area contributed by atoms with E-state index in [4.69, 9.17) is 27.9 Å². The monoisotopic (exact) mass is 464 g/mol. The number of amides is 1. The van der Waals surface area contributed by atoms with Crippen molar-refractivity contribution in [2.45, 2.75) is 39.7 Å². The van der Waals surface area contributed by atoms with Crippen molar-refractivity contribution in [1.82, 2.24) is 4.98 Å². The number of hydrogen-bond donors (Lipinski definition) is 0. The van der Waals surface area contributed by atoms with Crippen LogP contribution in [0.4, 0.5) is 5.69 Å². The number of esters is 1. The minimum absolute atomic E-state index is 0.0396. The van der Waals surface area contributed by atoms with Gasteiger partial charge in [0.2, 0.25) is 5.91 Å². The third-order valence-corrected chi connectivity index (χ3v) is 6.37. The Balaban J connectivity index is 1.89. The van der Waals surface area contributed by atoms with Gasteiger partial charge >= 0.3 is 5.97 Å². The van der Waals surface area contributed by atoms with Crippen molar-refractivity contribution in [3.63, 3.8) is 0 Å². The molecule has 5 nitrogen and oxygen atoms in total. The summed E-state index contributed by atoms with van der Waals surface area (Å²) >= 11 is 13.9. The number of carbonyl (C=O) groups excluding carboxylic acids is 2. The van der Waals surface area contributed by atoms with E-state index in [2.05, 4.69) is 11.9 Å². The van der Waals surface area contributed by atoms with Crippen LogP contribution in [0.1, 0.15) is 37.3 Å². The van der Waals surface area contributed by atoms with Crippen molar-refractivity contribution in [2.75, 3.05) is 11.5 Å². The number of rotatable bonds is 8. The van der Waals surface area contributed by atoms with Crippen LogP contribution < -0.4 is 4.90 Å². The van der Waals surface area contributed by atoms with Gasteiger partial charge in [0.25, 0.3) is 0 Å². The van der Waals surface area contributed by atoms with Gasteiger partial charge < -0.3 is 9.64 Å². The second kappa shape index (κ2) is 10.2. The number of fused-ring (bicyclic) bond motifs is 1. The average molecular weight is 465 g/mol. The molecule has 0 radical (unpaired) electrons. The molecule has 0 unspecified atom stereocenters. The van der Waals surface area contributed by atoms with Gasteiger partial charge in [0.15, 0.2) is 0 Å². The van der Waals surface area contributed by atoms with Crippen LogP contribution in [0.2, 0.25) is 10.0 Å². The zero-order valence-electron chi connectivity index (χ0n) is 16.8. The topological polar surface area (TPSA) is 59.5 Å². The first kappa shape index (κ1) is 22.5. The normalized spacial score (nSPS) is 10.9. The minimum atomic E-state index is -0.380. The molecule has 0 saturated heterocycles. The van der Waals surface area contributed by atoms with E-state index < -0.39 is 0 Å². The summed E-state index contributed by atoms with van der Waals surface area (Å²) in [5, 5.41) is 1.59. The highest BCUT2D eigenvalue weighted by atomic mass is 35.5. The lowest BCUT2D eigenvalue weighted by atomic mass is 10.1. The highest BCUT2D eigenvalue weighted by Crippen LogP contribution is 2.34. The number of thiazole rings is 1. The van der Waals surface area contributed by atoms with Crippen LogP contribution in [-0.4, -0.2) is 23.5 Å². The molecule has 8 heteroatoms. The molecule has 0 spiro atoms. The predicted molar refractivity (Wildman–Crippen MR) is 123 cm³/mol. The first-order valence-electron chi connectivity index (χ1n) is 9.71. The van der Waals surface area contributed by atoms with Crippen LogP contribution >= 0.6 is 34.5 Å². The first-order chi connectivity index (χ1) is 14.4. The molecule has 0 bridgehead atoms. The van der Waals surface area contributed by atoms with Gasteiger partial charge in [0, 0.05) is 12.1 Å². The van der Waals surface area contributed by atoms with Gasteiger partial charge in [-0.05, 0) is 43.2 Å². The van der Waals surface area contributed by atoms with E-state index in [1.54, 1.807) is 17.9 Å². The molecule has 30 heavy (non-hydrogen) atoms. The SMILES string of the molecule is CCOC(=O)CCC(=O)N(Cc1nc2c(Cl)c(Cl)ccc2s1)c1cccc(CC)c1. The van der Waals surface area contributed by atoms with Crippen molar-refractivity contribution in [1.29, 1.82) is 0 Å². The number of aryl methyl sites for hydroxylation is 1. The van der Waals surface area contributed by atoms with Crippen LogP contribution in [0.15, 0.2) is 36.4 Å². The van der Waals surface area contributed by atoms with Crippen molar-refractivity contribution >= 4 is 62.3 Å². The summed E-state index contributed by atoms with van der Waals surface area (Å²) in [6.45, 7) is 4.38. The molecule has 3 aromatic rings. The number of anilines is 1. The molecule has 0 saturated carbocycles. The Bertz CT molecular complexity index is 1070. The molecule has 0 aliphatic carbocycles. The van der Waals surface area contributed by atoms with Gasteiger partial charge in [-0.2, -0.15) is 0 Å². The minimum Gasteiger partial charge on any atom is -0.466 e. The van der Waals surface area contributed by atoms with Crippen LogP contribution in [0, 0.1) is 0 Å². The fourth-order valence-corrected chi connectivity index (χ4v) is 4.41. The summed E-state index contributed by atoms with van der Waals surface area (Å²) in [4.78, 5) is 31.0. The quantitative estimate of drug-likeness (QED) is 0.381. The van der Waals surface area contributed by atoms with Crippen molar-refractivity contribution in [3.8, 4) is 0 Å². The van der Waals surface area contributed by atoms with Crippen molar-refractivity contribution in [3.05, 3.63) is 57.0 Å². The number of aromatic nitrogens is 1. The number of halogens is 2. The molecule has 0 atom stereocenters. The Labute approximate surface area is 189 Å². The molecular weight excluding hydrogens is 443 g/mol. The summed E-state index contributed by atoms with van der Waals surface area (Å²) in [7, 11) is 0. The van der Waals surface area contributed by atoms with Gasteiger partial charge in [-0.3, -0.25) is 9.59 Å². The van der Waals surface area contributed by atoms with Crippen molar-refractivity contribution in [2.24, 2.45) is 0 Å². The maximum absolute atomic E-state index is 13.0. The number of ether oxygens (including phenoxy) is 1. The summed E-state index contributed by atoms with van der Waals surface area (Å²) in [5.74, 6) is -0.547. The summed E-state index contributed by atoms with van der Waals surface area (Å²) in [6.07, 6.45) is 0.957. The maximum Gasteiger partial charge on any atom is 0.306 e. The Hall–Kier alpha value is -2.15. The molecule has 2 aromatic carbocycles. The molecule has 0 fully saturated rings. The standard InChI is InChI=1S/C22H22Cl2N2O3S/c1-3-14-6-5-7-15(12-14)26(19(27)10-11-20(28)29-4-2)13-18-25-22-17(30-18)9-8-16(23)21(22)24/h5-9,12H,3-4,10-11,13H2,1-2H3. The van der Waals surface area contributed by atoms with E-state index >= 15 is 0 Å². The Kier molecular flexibility index (Phi) is 7.69. The van der Waals surface area contributed by atoms with E-state index in [1.165, 1.54) is 11.3 Å². The number of benzene rings is 2. The number of nitrogens with zero attached hydrogens (tertiary/aromatic N) is 2. The molecule has 0 N–H and O–H groups in total. The van der Waals surface area contributed by atoms with Gasteiger partial charge in [-0.15, -0.1) is 11.3 Å².